The zero-order valence-electron chi connectivity index (χ0n) is 12.4. The largest absolute Gasteiger partial charge is 0.490 e. The molecule has 0 aliphatic carbocycles. The van der Waals surface area contributed by atoms with Crippen molar-refractivity contribution in [3.8, 4) is 5.75 Å². The molecule has 0 aliphatic heterocycles. The van der Waals surface area contributed by atoms with Crippen molar-refractivity contribution in [2.75, 3.05) is 13.2 Å². The lowest BCUT2D eigenvalue weighted by Crippen LogP contribution is -2.09. The van der Waals surface area contributed by atoms with Crippen molar-refractivity contribution in [1.29, 1.82) is 0 Å². The zero-order chi connectivity index (χ0) is 17.6. The number of nitro benzene ring substituents is 1. The van der Waals surface area contributed by atoms with Gasteiger partial charge in [0.25, 0.3) is 14.7 Å². The number of hydrogen-bond donors (Lipinski definition) is 0. The second kappa shape index (κ2) is 8.09. The highest BCUT2D eigenvalue weighted by Gasteiger charge is 2.21. The summed E-state index contributed by atoms with van der Waals surface area (Å²) < 4.78 is 33.8. The van der Waals surface area contributed by atoms with Crippen LogP contribution in [0.4, 0.5) is 5.69 Å². The fourth-order valence-electron chi connectivity index (χ4n) is 1.89. The molecule has 0 saturated carbocycles. The van der Waals surface area contributed by atoms with Crippen LogP contribution in [0.15, 0.2) is 53.4 Å². The summed E-state index contributed by atoms with van der Waals surface area (Å²) in [5.74, 6) is -0.0566. The molecule has 0 spiro atoms. The van der Waals surface area contributed by atoms with Crippen LogP contribution < -0.4 is 4.74 Å². The molecule has 0 radical (unpaired) electrons. The summed E-state index contributed by atoms with van der Waals surface area (Å²) in [6, 6.07) is 12.7. The van der Waals surface area contributed by atoms with Gasteiger partial charge in [0.05, 0.1) is 18.1 Å². The van der Waals surface area contributed by atoms with Crippen LogP contribution >= 0.6 is 10.7 Å². The Balaban J connectivity index is 1.95. The van der Waals surface area contributed by atoms with Gasteiger partial charge in [-0.25, -0.2) is 8.42 Å². The Morgan fingerprint density at radius 3 is 2.42 bits per heavy atom. The predicted octanol–water partition coefficient (Wildman–Crippen LogP) is 3.12. The molecule has 0 N–H and O–H groups in total. The van der Waals surface area contributed by atoms with Gasteiger partial charge in [0.1, 0.15) is 17.3 Å². The molecule has 0 fully saturated rings. The topological polar surface area (TPSA) is 95.7 Å². The van der Waals surface area contributed by atoms with Crippen molar-refractivity contribution >= 4 is 25.4 Å². The van der Waals surface area contributed by atoms with Crippen LogP contribution in [0, 0.1) is 10.1 Å². The molecular weight excluding hydrogens is 358 g/mol. The molecule has 0 aliphatic rings. The number of hydrogen-bond acceptors (Lipinski definition) is 6. The Bertz CT molecular complexity index is 810. The minimum Gasteiger partial charge on any atom is -0.490 e. The molecule has 0 heterocycles. The summed E-state index contributed by atoms with van der Waals surface area (Å²) in [7, 11) is 1.13. The van der Waals surface area contributed by atoms with Gasteiger partial charge in [-0.05, 0) is 11.6 Å². The number of non-ortho nitro benzene ring substituents is 1. The van der Waals surface area contributed by atoms with Gasteiger partial charge in [0, 0.05) is 22.8 Å². The van der Waals surface area contributed by atoms with E-state index in [-0.39, 0.29) is 24.7 Å². The number of halogens is 1. The minimum absolute atomic E-state index is 0.0566. The predicted molar refractivity (Wildman–Crippen MR) is 87.7 cm³/mol. The van der Waals surface area contributed by atoms with Crippen molar-refractivity contribution in [2.45, 2.75) is 11.5 Å². The second-order valence-electron chi connectivity index (χ2n) is 4.71. The Morgan fingerprint density at radius 2 is 1.79 bits per heavy atom. The Labute approximate surface area is 143 Å². The van der Waals surface area contributed by atoms with E-state index in [9.17, 15) is 18.5 Å². The quantitative estimate of drug-likeness (QED) is 0.306. The highest BCUT2D eigenvalue weighted by Crippen LogP contribution is 2.30. The molecule has 24 heavy (non-hydrogen) atoms. The van der Waals surface area contributed by atoms with E-state index in [1.54, 1.807) is 0 Å². The first-order chi connectivity index (χ1) is 11.4. The lowest BCUT2D eigenvalue weighted by molar-refractivity contribution is -0.385. The van der Waals surface area contributed by atoms with Gasteiger partial charge in [0.2, 0.25) is 0 Å². The molecule has 7 nitrogen and oxygen atoms in total. The second-order valence-corrected chi connectivity index (χ2v) is 7.25. The van der Waals surface area contributed by atoms with E-state index in [4.69, 9.17) is 20.2 Å². The van der Waals surface area contributed by atoms with Gasteiger partial charge < -0.3 is 9.47 Å². The maximum absolute atomic E-state index is 11.5. The third kappa shape index (κ3) is 5.19. The molecule has 0 aromatic heterocycles. The van der Waals surface area contributed by atoms with Gasteiger partial charge in [0.15, 0.2) is 0 Å². The van der Waals surface area contributed by atoms with Crippen molar-refractivity contribution in [1.82, 2.24) is 0 Å². The van der Waals surface area contributed by atoms with Crippen LogP contribution in [0.25, 0.3) is 0 Å². The Hall–Kier alpha value is -2.16. The molecule has 0 saturated heterocycles. The molecule has 2 aromatic rings. The maximum atomic E-state index is 11.5. The van der Waals surface area contributed by atoms with Crippen LogP contribution in [0.3, 0.4) is 0 Å². The van der Waals surface area contributed by atoms with Crippen molar-refractivity contribution in [3.63, 3.8) is 0 Å². The van der Waals surface area contributed by atoms with Gasteiger partial charge in [-0.15, -0.1) is 0 Å². The van der Waals surface area contributed by atoms with E-state index < -0.39 is 18.9 Å². The third-order valence-electron chi connectivity index (χ3n) is 3.00. The summed E-state index contributed by atoms with van der Waals surface area (Å²) in [6.45, 7) is 0.683. The van der Waals surface area contributed by atoms with E-state index in [2.05, 4.69) is 0 Å². The molecule has 0 amide bonds. The fourth-order valence-corrected chi connectivity index (χ4v) is 2.89. The van der Waals surface area contributed by atoms with Crippen molar-refractivity contribution in [2.24, 2.45) is 0 Å². The normalized spacial score (nSPS) is 11.2. The highest BCUT2D eigenvalue weighted by molar-refractivity contribution is 8.13. The lowest BCUT2D eigenvalue weighted by Gasteiger charge is -2.10. The lowest BCUT2D eigenvalue weighted by atomic mass is 10.2. The molecule has 2 rings (SSSR count). The number of rotatable bonds is 8. The molecule has 128 valence electrons. The standard InChI is InChI=1S/C15H14ClNO6S/c16-24(20,21)15-10-13(17(18)19)6-7-14(15)23-9-8-22-11-12-4-2-1-3-5-12/h1-7,10H,8-9,11H2. The van der Waals surface area contributed by atoms with E-state index >= 15 is 0 Å². The Morgan fingerprint density at radius 1 is 1.08 bits per heavy atom. The number of nitro groups is 1. The summed E-state index contributed by atoms with van der Waals surface area (Å²) in [4.78, 5) is 9.58. The molecular formula is C15H14ClNO6S. The number of ether oxygens (including phenoxy) is 2. The molecule has 0 unspecified atom stereocenters. The molecule has 0 atom stereocenters. The smallest absolute Gasteiger partial charge is 0.271 e. The van der Waals surface area contributed by atoms with E-state index in [0.717, 1.165) is 17.7 Å². The van der Waals surface area contributed by atoms with Crippen molar-refractivity contribution < 1.29 is 22.8 Å². The first kappa shape index (κ1) is 18.2. The summed E-state index contributed by atoms with van der Waals surface area (Å²) >= 11 is 0. The monoisotopic (exact) mass is 371 g/mol. The van der Waals surface area contributed by atoms with Crippen LogP contribution in [0.2, 0.25) is 0 Å². The van der Waals surface area contributed by atoms with E-state index in [0.29, 0.717) is 6.61 Å². The molecule has 2 aromatic carbocycles. The minimum atomic E-state index is -4.17. The average Bonchev–Trinajstić information content (AvgIpc) is 2.54. The maximum Gasteiger partial charge on any atom is 0.271 e. The van der Waals surface area contributed by atoms with E-state index in [1.807, 2.05) is 30.3 Å². The molecule has 9 heteroatoms. The first-order valence-electron chi connectivity index (χ1n) is 6.85. The van der Waals surface area contributed by atoms with Crippen molar-refractivity contribution in [3.05, 3.63) is 64.2 Å². The first-order valence-corrected chi connectivity index (χ1v) is 9.16. The average molecular weight is 372 g/mol. The van der Waals surface area contributed by atoms with Gasteiger partial charge in [-0.1, -0.05) is 30.3 Å². The van der Waals surface area contributed by atoms with Gasteiger partial charge in [-0.2, -0.15) is 0 Å². The third-order valence-corrected chi connectivity index (χ3v) is 4.34. The van der Waals surface area contributed by atoms with E-state index in [1.165, 1.54) is 6.07 Å². The summed E-state index contributed by atoms with van der Waals surface area (Å²) in [6.07, 6.45) is 0. The van der Waals surface area contributed by atoms with Crippen LogP contribution in [0.5, 0.6) is 5.75 Å². The van der Waals surface area contributed by atoms with Crippen LogP contribution in [-0.4, -0.2) is 26.6 Å². The van der Waals surface area contributed by atoms with Crippen LogP contribution in [0.1, 0.15) is 5.56 Å². The van der Waals surface area contributed by atoms with Gasteiger partial charge in [-0.3, -0.25) is 10.1 Å². The highest BCUT2D eigenvalue weighted by atomic mass is 35.7. The zero-order valence-corrected chi connectivity index (χ0v) is 14.0. The summed E-state index contributed by atoms with van der Waals surface area (Å²) in [5, 5.41) is 10.7. The fraction of sp³-hybridized carbons (Fsp3) is 0.200. The number of nitrogens with zero attached hydrogens (tertiary/aromatic N) is 1. The van der Waals surface area contributed by atoms with Crippen LogP contribution in [-0.2, 0) is 20.4 Å². The Kier molecular flexibility index (Phi) is 6.13. The SMILES string of the molecule is O=[N+]([O-])c1ccc(OCCOCc2ccccc2)c(S(=O)(=O)Cl)c1. The summed E-state index contributed by atoms with van der Waals surface area (Å²) in [5.41, 5.74) is 0.610. The molecule has 0 bridgehead atoms. The number of benzene rings is 2. The van der Waals surface area contributed by atoms with Gasteiger partial charge >= 0.3 is 0 Å².